The molecule has 2 heterocycles. The Balaban J connectivity index is 2.62. The minimum absolute atomic E-state index is 0.0384. The summed E-state index contributed by atoms with van der Waals surface area (Å²) in [6, 6.07) is 1.49. The summed E-state index contributed by atoms with van der Waals surface area (Å²) < 4.78 is 13.3. The van der Waals surface area contributed by atoms with Gasteiger partial charge in [-0.3, -0.25) is 4.98 Å². The molecule has 0 aliphatic carbocycles. The van der Waals surface area contributed by atoms with Crippen molar-refractivity contribution in [3.63, 3.8) is 0 Å². The summed E-state index contributed by atoms with van der Waals surface area (Å²) in [5, 5.41) is 13.8. The van der Waals surface area contributed by atoms with Crippen LogP contribution in [0.4, 0.5) is 0 Å². The Bertz CT molecular complexity index is 625. The molecule has 0 fully saturated rings. The van der Waals surface area contributed by atoms with Crippen LogP contribution in [0, 0.1) is 6.90 Å². The van der Waals surface area contributed by atoms with Crippen LogP contribution in [0.25, 0.3) is 11.1 Å². The molecule has 0 aliphatic rings. The predicted octanol–water partition coefficient (Wildman–Crippen LogP) is 1.28. The van der Waals surface area contributed by atoms with Crippen LogP contribution in [0.3, 0.4) is 0 Å². The Kier molecular flexibility index (Phi) is 2.68. The van der Waals surface area contributed by atoms with E-state index in [1.54, 1.807) is 7.05 Å². The zero-order valence-electron chi connectivity index (χ0n) is 11.0. The minimum Gasteiger partial charge on any atom is -0.493 e. The van der Waals surface area contributed by atoms with Gasteiger partial charge in [0.25, 0.3) is 0 Å². The van der Waals surface area contributed by atoms with Crippen molar-refractivity contribution in [2.75, 3.05) is 7.11 Å². The van der Waals surface area contributed by atoms with Gasteiger partial charge in [0.15, 0.2) is 0 Å². The highest BCUT2D eigenvalue weighted by molar-refractivity contribution is 5.97. The van der Waals surface area contributed by atoms with Gasteiger partial charge in [0.2, 0.25) is 5.88 Å². The van der Waals surface area contributed by atoms with Crippen LogP contribution < -0.4 is 0 Å². The molecule has 2 aromatic rings. The first kappa shape index (κ1) is 10.8. The summed E-state index contributed by atoms with van der Waals surface area (Å²) in [5.74, 6) is -0.610. The second-order valence-electron chi connectivity index (χ2n) is 3.72. The minimum atomic E-state index is -0.546. The third kappa shape index (κ3) is 1.92. The van der Waals surface area contributed by atoms with E-state index >= 15 is 0 Å². The maximum absolute atomic E-state index is 11.8. The molecule has 0 saturated heterocycles. The van der Waals surface area contributed by atoms with E-state index in [-0.39, 0.29) is 18.3 Å². The Morgan fingerprint density at radius 1 is 1.50 bits per heavy atom. The van der Waals surface area contributed by atoms with Gasteiger partial charge in [0.1, 0.15) is 0 Å². The van der Waals surface area contributed by atoms with Crippen molar-refractivity contribution in [1.29, 1.82) is 0 Å². The average Bonchev–Trinajstić information content (AvgIpc) is 2.77. The number of methoxy groups -OCH3 is 1. The van der Waals surface area contributed by atoms with Gasteiger partial charge < -0.3 is 9.84 Å². The maximum Gasteiger partial charge on any atom is 0.338 e. The summed E-state index contributed by atoms with van der Waals surface area (Å²) in [6.07, 6.45) is 2.88. The molecule has 0 radical (unpaired) electrons. The van der Waals surface area contributed by atoms with Crippen LogP contribution in [-0.4, -0.2) is 33.0 Å². The molecule has 6 heteroatoms. The van der Waals surface area contributed by atoms with E-state index in [1.165, 1.54) is 30.3 Å². The van der Waals surface area contributed by atoms with Crippen LogP contribution in [0.2, 0.25) is 0 Å². The number of pyridine rings is 1. The van der Waals surface area contributed by atoms with Gasteiger partial charge >= 0.3 is 5.97 Å². The highest BCUT2D eigenvalue weighted by Crippen LogP contribution is 2.31. The number of aryl methyl sites for hydroxylation is 2. The van der Waals surface area contributed by atoms with Crippen molar-refractivity contribution in [2.45, 2.75) is 6.90 Å². The van der Waals surface area contributed by atoms with Crippen LogP contribution in [0.1, 0.15) is 17.4 Å². The van der Waals surface area contributed by atoms with E-state index in [4.69, 9.17) is 6.11 Å². The lowest BCUT2D eigenvalue weighted by Crippen LogP contribution is -2.05. The zero-order valence-corrected chi connectivity index (χ0v) is 10.0. The number of aromatic nitrogens is 3. The first-order valence-corrected chi connectivity index (χ1v) is 5.16. The molecule has 0 aliphatic heterocycles. The third-order valence-electron chi connectivity index (χ3n) is 2.56. The molecule has 0 unspecified atom stereocenters. The lowest BCUT2D eigenvalue weighted by Gasteiger charge is -2.07. The summed E-state index contributed by atoms with van der Waals surface area (Å²) >= 11 is 0. The molecule has 0 atom stereocenters. The van der Waals surface area contributed by atoms with Gasteiger partial charge in [-0.25, -0.2) is 9.48 Å². The highest BCUT2D eigenvalue weighted by Gasteiger charge is 2.18. The van der Waals surface area contributed by atoms with Crippen LogP contribution >= 0.6 is 0 Å². The van der Waals surface area contributed by atoms with Gasteiger partial charge in [0.05, 0.1) is 24.4 Å². The maximum atomic E-state index is 11.8. The second kappa shape index (κ2) is 4.48. The summed E-state index contributed by atoms with van der Waals surface area (Å²) in [6.45, 7) is -0.0384. The molecule has 2 aromatic heterocycles. The quantitative estimate of drug-likeness (QED) is 0.810. The molecule has 0 saturated carbocycles. The van der Waals surface area contributed by atoms with Gasteiger partial charge in [-0.15, -0.1) is 0 Å². The molecule has 0 spiro atoms. The molecule has 6 nitrogen and oxygen atoms in total. The zero-order chi connectivity index (χ0) is 14.0. The summed E-state index contributed by atoms with van der Waals surface area (Å²) in [7, 11) is 2.86. The first-order chi connectivity index (χ1) is 9.08. The Morgan fingerprint density at radius 2 is 2.28 bits per heavy atom. The van der Waals surface area contributed by atoms with Crippen LogP contribution in [0.15, 0.2) is 18.5 Å². The summed E-state index contributed by atoms with van der Waals surface area (Å²) in [5.41, 5.74) is 1.53. The van der Waals surface area contributed by atoms with E-state index in [0.29, 0.717) is 16.8 Å². The number of esters is 1. The molecule has 1 N–H and O–H groups in total. The largest absolute Gasteiger partial charge is 0.493 e. The highest BCUT2D eigenvalue weighted by atomic mass is 16.5. The fourth-order valence-corrected chi connectivity index (χ4v) is 1.61. The fourth-order valence-electron chi connectivity index (χ4n) is 1.61. The number of hydrogen-bond acceptors (Lipinski definition) is 5. The molecule has 0 bridgehead atoms. The predicted molar refractivity (Wildman–Crippen MR) is 64.2 cm³/mol. The number of ether oxygens (including phenoxy) is 1. The van der Waals surface area contributed by atoms with Gasteiger partial charge in [-0.05, 0) is 13.0 Å². The lowest BCUT2D eigenvalue weighted by atomic mass is 10.0. The Labute approximate surface area is 105 Å². The smallest absolute Gasteiger partial charge is 0.338 e. The fraction of sp³-hybridized carbons (Fsp3) is 0.250. The van der Waals surface area contributed by atoms with Crippen molar-refractivity contribution in [1.82, 2.24) is 14.8 Å². The van der Waals surface area contributed by atoms with E-state index in [9.17, 15) is 9.90 Å². The molecular formula is C12H13N3O3. The number of rotatable bonds is 2. The Hall–Kier alpha value is -2.37. The van der Waals surface area contributed by atoms with Crippen molar-refractivity contribution < 1.29 is 16.0 Å². The van der Waals surface area contributed by atoms with Crippen molar-refractivity contribution in [3.8, 4) is 17.0 Å². The molecule has 18 heavy (non-hydrogen) atoms. The van der Waals surface area contributed by atoms with E-state index in [0.717, 1.165) is 0 Å². The number of carbonyl (C=O) groups is 1. The Morgan fingerprint density at radius 3 is 2.83 bits per heavy atom. The van der Waals surface area contributed by atoms with Gasteiger partial charge in [0, 0.05) is 25.9 Å². The normalized spacial score (nSPS) is 11.1. The van der Waals surface area contributed by atoms with Gasteiger partial charge in [-0.1, -0.05) is 0 Å². The average molecular weight is 248 g/mol. The molecular weight excluding hydrogens is 234 g/mol. The van der Waals surface area contributed by atoms with Crippen LogP contribution in [0.5, 0.6) is 5.88 Å². The molecule has 94 valence electrons. The number of aromatic hydroxyl groups is 1. The standard InChI is InChI=1S/C12H13N3O3/c1-7-4-8(12(17)18-3)9(5-13-7)10-6-14-15(2)11(10)16/h4-6,16H,1-3H3/i1D. The monoisotopic (exact) mass is 248 g/mol. The lowest BCUT2D eigenvalue weighted by molar-refractivity contribution is 0.0601. The van der Waals surface area contributed by atoms with Crippen LogP contribution in [-0.2, 0) is 11.8 Å². The molecule has 0 aromatic carbocycles. The number of nitrogens with zero attached hydrogens (tertiary/aromatic N) is 3. The van der Waals surface area contributed by atoms with Crippen molar-refractivity contribution >= 4 is 5.97 Å². The first-order valence-electron chi connectivity index (χ1n) is 5.87. The van der Waals surface area contributed by atoms with Crippen molar-refractivity contribution in [3.05, 3.63) is 29.7 Å². The second-order valence-corrected chi connectivity index (χ2v) is 3.72. The summed E-state index contributed by atoms with van der Waals surface area (Å²) in [4.78, 5) is 15.8. The topological polar surface area (TPSA) is 77.2 Å². The van der Waals surface area contributed by atoms with Crippen molar-refractivity contribution in [2.24, 2.45) is 7.05 Å². The molecule has 0 amide bonds. The number of hydrogen-bond donors (Lipinski definition) is 1. The van der Waals surface area contributed by atoms with E-state index in [1.807, 2.05) is 0 Å². The SMILES string of the molecule is [2H]Cc1cc(C(=O)OC)c(-c2cnn(C)c2O)cn1. The van der Waals surface area contributed by atoms with Gasteiger partial charge in [-0.2, -0.15) is 5.10 Å². The molecule has 2 rings (SSSR count). The third-order valence-corrected chi connectivity index (χ3v) is 2.56. The van der Waals surface area contributed by atoms with E-state index in [2.05, 4.69) is 10.1 Å². The van der Waals surface area contributed by atoms with E-state index < -0.39 is 5.97 Å². The number of carbonyl (C=O) groups excluding carboxylic acids is 1.